The number of anilines is 3. The smallest absolute Gasteiger partial charge is 0.274 e. The second-order valence-corrected chi connectivity index (χ2v) is 7.33. The van der Waals surface area contributed by atoms with E-state index >= 15 is 0 Å². The van der Waals surface area contributed by atoms with Gasteiger partial charge in [0.1, 0.15) is 5.69 Å². The summed E-state index contributed by atoms with van der Waals surface area (Å²) in [7, 11) is 0. The summed E-state index contributed by atoms with van der Waals surface area (Å²) in [5.41, 5.74) is 3.15. The maximum atomic E-state index is 12.7. The molecule has 0 fully saturated rings. The van der Waals surface area contributed by atoms with E-state index in [1.165, 1.54) is 6.20 Å². The Labute approximate surface area is 164 Å². The summed E-state index contributed by atoms with van der Waals surface area (Å²) in [6.07, 6.45) is 1.52. The molecule has 0 aliphatic heterocycles. The Morgan fingerprint density at radius 1 is 1.07 bits per heavy atom. The molecule has 2 N–H and O–H groups in total. The Balaban J connectivity index is 1.81. The van der Waals surface area contributed by atoms with Crippen molar-refractivity contribution in [1.82, 2.24) is 9.97 Å². The highest BCUT2D eigenvalue weighted by atomic mass is 16.1. The monoisotopic (exact) mass is 371 g/mol. The van der Waals surface area contributed by atoms with E-state index in [-0.39, 0.29) is 23.0 Å². The Morgan fingerprint density at radius 2 is 1.86 bits per heavy atom. The number of benzene rings is 2. The average molecular weight is 371 g/mol. The van der Waals surface area contributed by atoms with Crippen LogP contribution in [-0.4, -0.2) is 15.9 Å². The van der Waals surface area contributed by atoms with Crippen molar-refractivity contribution < 1.29 is 4.79 Å². The molecule has 0 saturated carbocycles. The molecule has 1 heterocycles. The molecule has 6 nitrogen and oxygen atoms in total. The molecule has 28 heavy (non-hydrogen) atoms. The lowest BCUT2D eigenvalue weighted by Gasteiger charge is -2.22. The third kappa shape index (κ3) is 4.51. The van der Waals surface area contributed by atoms with Gasteiger partial charge in [0.05, 0.1) is 11.6 Å². The van der Waals surface area contributed by atoms with Gasteiger partial charge in [0.25, 0.3) is 5.91 Å². The topological polar surface area (TPSA) is 90.7 Å². The SMILES string of the molecule is CC(C)(C)c1ccccc1NC(=O)c1ccnc(Nc2cccc(C#N)c2)n1. The molecule has 6 heteroatoms. The molecule has 0 aliphatic carbocycles. The van der Waals surface area contributed by atoms with Crippen LogP contribution in [0.25, 0.3) is 0 Å². The number of nitrogens with zero attached hydrogens (tertiary/aromatic N) is 3. The Kier molecular flexibility index (Phi) is 5.37. The molecule has 3 aromatic rings. The van der Waals surface area contributed by atoms with Gasteiger partial charge in [0.2, 0.25) is 5.95 Å². The molecule has 0 atom stereocenters. The van der Waals surface area contributed by atoms with Gasteiger partial charge in [-0.05, 0) is 41.3 Å². The number of aromatic nitrogens is 2. The molecule has 0 radical (unpaired) electrons. The van der Waals surface area contributed by atoms with E-state index in [0.29, 0.717) is 11.3 Å². The minimum atomic E-state index is -0.312. The molecule has 0 saturated heterocycles. The minimum Gasteiger partial charge on any atom is -0.324 e. The van der Waals surface area contributed by atoms with Gasteiger partial charge < -0.3 is 10.6 Å². The quantitative estimate of drug-likeness (QED) is 0.697. The molecule has 0 bridgehead atoms. The number of hydrogen-bond acceptors (Lipinski definition) is 5. The summed E-state index contributed by atoms with van der Waals surface area (Å²) in [4.78, 5) is 21.2. The van der Waals surface area contributed by atoms with Gasteiger partial charge in [0, 0.05) is 17.6 Å². The van der Waals surface area contributed by atoms with Crippen LogP contribution in [0.2, 0.25) is 0 Å². The fourth-order valence-corrected chi connectivity index (χ4v) is 2.77. The van der Waals surface area contributed by atoms with Gasteiger partial charge in [-0.3, -0.25) is 4.79 Å². The number of rotatable bonds is 4. The van der Waals surface area contributed by atoms with E-state index in [9.17, 15) is 4.79 Å². The molecule has 3 rings (SSSR count). The lowest BCUT2D eigenvalue weighted by Crippen LogP contribution is -2.19. The van der Waals surface area contributed by atoms with Crippen molar-refractivity contribution in [2.24, 2.45) is 0 Å². The van der Waals surface area contributed by atoms with Crippen molar-refractivity contribution in [1.29, 1.82) is 5.26 Å². The summed E-state index contributed by atoms with van der Waals surface area (Å²) in [6.45, 7) is 6.29. The van der Waals surface area contributed by atoms with Gasteiger partial charge in [-0.15, -0.1) is 0 Å². The zero-order valence-corrected chi connectivity index (χ0v) is 16.0. The number of hydrogen-bond donors (Lipinski definition) is 2. The van der Waals surface area contributed by atoms with Gasteiger partial charge in [-0.25, -0.2) is 9.97 Å². The highest BCUT2D eigenvalue weighted by molar-refractivity contribution is 6.03. The lowest BCUT2D eigenvalue weighted by molar-refractivity contribution is 0.102. The second-order valence-electron chi connectivity index (χ2n) is 7.33. The lowest BCUT2D eigenvalue weighted by atomic mass is 9.86. The van der Waals surface area contributed by atoms with Crippen LogP contribution in [0.15, 0.2) is 60.8 Å². The predicted octanol–water partition coefficient (Wildman–Crippen LogP) is 4.64. The van der Waals surface area contributed by atoms with Crippen molar-refractivity contribution in [3.8, 4) is 6.07 Å². The minimum absolute atomic E-state index is 0.103. The number of amides is 1. The highest BCUT2D eigenvalue weighted by Crippen LogP contribution is 2.29. The van der Waals surface area contributed by atoms with Crippen molar-refractivity contribution >= 4 is 23.2 Å². The van der Waals surface area contributed by atoms with E-state index in [1.54, 1.807) is 30.3 Å². The molecule has 2 aromatic carbocycles. The molecule has 0 spiro atoms. The standard InChI is InChI=1S/C22H21N5O/c1-22(2,3)17-9-4-5-10-18(17)26-20(28)19-11-12-24-21(27-19)25-16-8-6-7-15(13-16)14-23/h4-13H,1-3H3,(H,26,28)(H,24,25,27). The van der Waals surface area contributed by atoms with Crippen molar-refractivity contribution in [2.75, 3.05) is 10.6 Å². The van der Waals surface area contributed by atoms with Crippen LogP contribution in [0.3, 0.4) is 0 Å². The van der Waals surface area contributed by atoms with Crippen LogP contribution in [0, 0.1) is 11.3 Å². The first-order valence-corrected chi connectivity index (χ1v) is 8.88. The number of nitrogens with one attached hydrogen (secondary N) is 2. The first-order valence-electron chi connectivity index (χ1n) is 8.88. The van der Waals surface area contributed by atoms with E-state index in [0.717, 1.165) is 11.3 Å². The number of nitriles is 1. The molecule has 140 valence electrons. The van der Waals surface area contributed by atoms with Crippen molar-refractivity contribution in [3.63, 3.8) is 0 Å². The Bertz CT molecular complexity index is 1050. The van der Waals surface area contributed by atoms with Gasteiger partial charge >= 0.3 is 0 Å². The van der Waals surface area contributed by atoms with Crippen LogP contribution >= 0.6 is 0 Å². The number of para-hydroxylation sites is 1. The van der Waals surface area contributed by atoms with E-state index in [1.807, 2.05) is 24.3 Å². The van der Waals surface area contributed by atoms with Crippen molar-refractivity contribution in [3.05, 3.63) is 77.6 Å². The Hall–Kier alpha value is -3.72. The molecule has 1 aromatic heterocycles. The maximum Gasteiger partial charge on any atom is 0.274 e. The third-order valence-corrected chi connectivity index (χ3v) is 4.12. The van der Waals surface area contributed by atoms with Crippen LogP contribution < -0.4 is 10.6 Å². The molecule has 0 unspecified atom stereocenters. The fraction of sp³-hybridized carbons (Fsp3) is 0.182. The number of carbonyl (C=O) groups is 1. The predicted molar refractivity (Wildman–Crippen MR) is 110 cm³/mol. The largest absolute Gasteiger partial charge is 0.324 e. The summed E-state index contributed by atoms with van der Waals surface area (Å²) in [5, 5.41) is 15.0. The van der Waals surface area contributed by atoms with Crippen LogP contribution in [0.5, 0.6) is 0 Å². The summed E-state index contributed by atoms with van der Waals surface area (Å²) in [6, 6.07) is 18.3. The second kappa shape index (κ2) is 7.89. The van der Waals surface area contributed by atoms with Gasteiger partial charge in [0.15, 0.2) is 0 Å². The molecule has 1 amide bonds. The van der Waals surface area contributed by atoms with E-state index in [4.69, 9.17) is 5.26 Å². The first-order chi connectivity index (χ1) is 13.4. The van der Waals surface area contributed by atoms with Crippen LogP contribution in [0.4, 0.5) is 17.3 Å². The summed E-state index contributed by atoms with van der Waals surface area (Å²) >= 11 is 0. The van der Waals surface area contributed by atoms with Gasteiger partial charge in [-0.1, -0.05) is 45.0 Å². The van der Waals surface area contributed by atoms with E-state index in [2.05, 4.69) is 47.4 Å². The van der Waals surface area contributed by atoms with Crippen molar-refractivity contribution in [2.45, 2.75) is 26.2 Å². The fourth-order valence-electron chi connectivity index (χ4n) is 2.77. The Morgan fingerprint density at radius 3 is 2.61 bits per heavy atom. The normalized spacial score (nSPS) is 10.8. The van der Waals surface area contributed by atoms with Crippen LogP contribution in [0.1, 0.15) is 42.4 Å². The highest BCUT2D eigenvalue weighted by Gasteiger charge is 2.19. The summed E-state index contributed by atoms with van der Waals surface area (Å²) < 4.78 is 0. The van der Waals surface area contributed by atoms with Crippen LogP contribution in [-0.2, 0) is 5.41 Å². The molecular formula is C22H21N5O. The molecular weight excluding hydrogens is 350 g/mol. The molecule has 0 aliphatic rings. The maximum absolute atomic E-state index is 12.7. The zero-order valence-electron chi connectivity index (χ0n) is 16.0. The van der Waals surface area contributed by atoms with Gasteiger partial charge in [-0.2, -0.15) is 5.26 Å². The number of carbonyl (C=O) groups excluding carboxylic acids is 1. The summed E-state index contributed by atoms with van der Waals surface area (Å²) in [5.74, 6) is -0.0280. The van der Waals surface area contributed by atoms with E-state index < -0.39 is 0 Å². The third-order valence-electron chi connectivity index (χ3n) is 4.12. The first kappa shape index (κ1) is 19.1. The average Bonchev–Trinajstić information content (AvgIpc) is 2.68. The zero-order chi connectivity index (χ0) is 20.1.